The first kappa shape index (κ1) is 16.5. The van der Waals surface area contributed by atoms with Crippen LogP contribution in [0.25, 0.3) is 0 Å². The summed E-state index contributed by atoms with van der Waals surface area (Å²) >= 11 is 0. The Morgan fingerprint density at radius 1 is 1.24 bits per heavy atom. The van der Waals surface area contributed by atoms with Crippen molar-refractivity contribution < 1.29 is 8.42 Å². The Hall–Kier alpha value is -0.910. The van der Waals surface area contributed by atoms with Gasteiger partial charge in [-0.05, 0) is 32.5 Å². The third kappa shape index (κ3) is 4.53. The summed E-state index contributed by atoms with van der Waals surface area (Å²) in [6.45, 7) is 0.858. The minimum Gasteiger partial charge on any atom is -0.308 e. The minimum atomic E-state index is -2.98. The molecule has 1 N–H and O–H groups in total. The first-order valence-corrected chi connectivity index (χ1v) is 9.48. The molecular formula is C16H26N2O2S. The predicted octanol–water partition coefficient (Wildman–Crippen LogP) is 1.84. The molecule has 1 aromatic carbocycles. The van der Waals surface area contributed by atoms with E-state index in [1.54, 1.807) is 0 Å². The third-order valence-corrected chi connectivity index (χ3v) is 5.83. The lowest BCUT2D eigenvalue weighted by atomic mass is 10.0. The highest BCUT2D eigenvalue weighted by atomic mass is 32.2. The Bertz CT molecular complexity index is 543. The molecule has 0 radical (unpaired) electrons. The summed E-state index contributed by atoms with van der Waals surface area (Å²) < 4.78 is 23.9. The number of sulfone groups is 1. The van der Waals surface area contributed by atoms with Gasteiger partial charge in [-0.1, -0.05) is 36.8 Å². The molecule has 3 unspecified atom stereocenters. The number of likely N-dealkylation sites (N-methyl/N-ethyl adjacent to an activating group) is 1. The second kappa shape index (κ2) is 6.90. The molecule has 0 aromatic heterocycles. The molecule has 0 aliphatic heterocycles. The van der Waals surface area contributed by atoms with E-state index in [9.17, 15) is 8.42 Å². The van der Waals surface area contributed by atoms with Gasteiger partial charge in [-0.3, -0.25) is 0 Å². The molecule has 0 bridgehead atoms. The maximum atomic E-state index is 11.9. The van der Waals surface area contributed by atoms with Crippen LogP contribution in [0.4, 0.5) is 0 Å². The van der Waals surface area contributed by atoms with Crippen molar-refractivity contribution >= 4 is 9.84 Å². The summed E-state index contributed by atoms with van der Waals surface area (Å²) in [6, 6.07) is 10.5. The molecule has 21 heavy (non-hydrogen) atoms. The molecule has 1 aliphatic rings. The number of hydrogen-bond donors (Lipinski definition) is 1. The fraction of sp³-hybridized carbons (Fsp3) is 0.625. The van der Waals surface area contributed by atoms with Gasteiger partial charge < -0.3 is 10.2 Å². The molecule has 1 saturated carbocycles. The molecule has 0 amide bonds. The fourth-order valence-electron chi connectivity index (χ4n) is 3.19. The highest BCUT2D eigenvalue weighted by Crippen LogP contribution is 2.27. The van der Waals surface area contributed by atoms with Crippen LogP contribution in [0, 0.1) is 0 Å². The quantitative estimate of drug-likeness (QED) is 0.871. The van der Waals surface area contributed by atoms with Crippen LogP contribution in [-0.2, 0) is 9.84 Å². The van der Waals surface area contributed by atoms with Crippen LogP contribution in [0.3, 0.4) is 0 Å². The second-order valence-corrected chi connectivity index (χ2v) is 8.56. The van der Waals surface area contributed by atoms with E-state index in [4.69, 9.17) is 0 Å². The minimum absolute atomic E-state index is 0.0603. The zero-order valence-electron chi connectivity index (χ0n) is 13.1. The van der Waals surface area contributed by atoms with E-state index in [0.717, 1.165) is 25.8 Å². The van der Waals surface area contributed by atoms with Gasteiger partial charge in [0.25, 0.3) is 0 Å². The number of rotatable bonds is 6. The molecule has 4 nitrogen and oxygen atoms in total. The topological polar surface area (TPSA) is 49.4 Å². The van der Waals surface area contributed by atoms with Gasteiger partial charge in [0.15, 0.2) is 9.84 Å². The summed E-state index contributed by atoms with van der Waals surface area (Å²) in [5.41, 5.74) is 1.21. The molecule has 5 heteroatoms. The molecule has 3 atom stereocenters. The van der Waals surface area contributed by atoms with E-state index in [1.165, 1.54) is 11.8 Å². The number of nitrogens with zero attached hydrogens (tertiary/aromatic N) is 1. The van der Waals surface area contributed by atoms with Crippen LogP contribution in [0.15, 0.2) is 30.3 Å². The van der Waals surface area contributed by atoms with Crippen LogP contribution in [0.5, 0.6) is 0 Å². The van der Waals surface area contributed by atoms with Crippen molar-refractivity contribution in [1.82, 2.24) is 10.2 Å². The normalized spacial score (nSPS) is 24.4. The average molecular weight is 310 g/mol. The van der Waals surface area contributed by atoms with Crippen molar-refractivity contribution in [3.8, 4) is 0 Å². The fourth-order valence-corrected chi connectivity index (χ4v) is 4.60. The van der Waals surface area contributed by atoms with E-state index in [-0.39, 0.29) is 17.3 Å². The molecule has 1 aliphatic carbocycles. The highest BCUT2D eigenvalue weighted by Gasteiger charge is 2.36. The number of benzene rings is 1. The average Bonchev–Trinajstić information content (AvgIpc) is 2.87. The zero-order chi connectivity index (χ0) is 15.5. The SMILES string of the molecule is CN(C)CC(NC1CCCC1S(C)(=O)=O)c1ccccc1. The molecule has 0 spiro atoms. The van der Waals surface area contributed by atoms with Crippen LogP contribution >= 0.6 is 0 Å². The third-order valence-electron chi connectivity index (χ3n) is 4.17. The van der Waals surface area contributed by atoms with Crippen LogP contribution in [-0.4, -0.2) is 51.5 Å². The van der Waals surface area contributed by atoms with Gasteiger partial charge in [0.2, 0.25) is 0 Å². The Labute approximate surface area is 128 Å². The Balaban J connectivity index is 2.15. The van der Waals surface area contributed by atoms with Gasteiger partial charge in [-0.25, -0.2) is 8.42 Å². The van der Waals surface area contributed by atoms with Crippen LogP contribution in [0.1, 0.15) is 30.9 Å². The molecule has 1 aromatic rings. The molecule has 118 valence electrons. The summed E-state index contributed by atoms with van der Waals surface area (Å²) in [5.74, 6) is 0. The van der Waals surface area contributed by atoms with Crippen molar-refractivity contribution in [2.75, 3.05) is 26.9 Å². The van der Waals surface area contributed by atoms with Gasteiger partial charge >= 0.3 is 0 Å². The molecular weight excluding hydrogens is 284 g/mol. The van der Waals surface area contributed by atoms with Gasteiger partial charge in [0, 0.05) is 24.9 Å². The summed E-state index contributed by atoms with van der Waals surface area (Å²) in [6.07, 6.45) is 4.06. The van der Waals surface area contributed by atoms with Crippen molar-refractivity contribution in [3.05, 3.63) is 35.9 Å². The smallest absolute Gasteiger partial charge is 0.151 e. The Morgan fingerprint density at radius 3 is 2.48 bits per heavy atom. The molecule has 0 heterocycles. The lowest BCUT2D eigenvalue weighted by Gasteiger charge is -2.29. The summed E-state index contributed by atoms with van der Waals surface area (Å²) in [7, 11) is 1.10. The van der Waals surface area contributed by atoms with Crippen LogP contribution < -0.4 is 5.32 Å². The Morgan fingerprint density at radius 2 is 1.90 bits per heavy atom. The van der Waals surface area contributed by atoms with Crippen LogP contribution in [0.2, 0.25) is 0 Å². The first-order chi connectivity index (χ1) is 9.88. The Kier molecular flexibility index (Phi) is 5.41. The highest BCUT2D eigenvalue weighted by molar-refractivity contribution is 7.91. The number of hydrogen-bond acceptors (Lipinski definition) is 4. The lowest BCUT2D eigenvalue weighted by Crippen LogP contribution is -2.44. The van der Waals surface area contributed by atoms with Gasteiger partial charge in [-0.15, -0.1) is 0 Å². The van der Waals surface area contributed by atoms with Crippen molar-refractivity contribution in [1.29, 1.82) is 0 Å². The van der Waals surface area contributed by atoms with E-state index in [0.29, 0.717) is 0 Å². The second-order valence-electron chi connectivity index (χ2n) is 6.30. The van der Waals surface area contributed by atoms with E-state index < -0.39 is 9.84 Å². The number of nitrogens with one attached hydrogen (secondary N) is 1. The molecule has 0 saturated heterocycles. The lowest BCUT2D eigenvalue weighted by molar-refractivity contribution is 0.319. The molecule has 2 rings (SSSR count). The van der Waals surface area contributed by atoms with Crippen molar-refractivity contribution in [2.45, 2.75) is 36.6 Å². The van der Waals surface area contributed by atoms with E-state index in [2.05, 4.69) is 22.3 Å². The largest absolute Gasteiger partial charge is 0.308 e. The molecule has 1 fully saturated rings. The maximum Gasteiger partial charge on any atom is 0.151 e. The van der Waals surface area contributed by atoms with E-state index >= 15 is 0 Å². The van der Waals surface area contributed by atoms with Gasteiger partial charge in [0.1, 0.15) is 0 Å². The van der Waals surface area contributed by atoms with Crippen molar-refractivity contribution in [2.24, 2.45) is 0 Å². The van der Waals surface area contributed by atoms with Gasteiger partial charge in [0.05, 0.1) is 5.25 Å². The summed E-state index contributed by atoms with van der Waals surface area (Å²) in [5, 5.41) is 3.35. The first-order valence-electron chi connectivity index (χ1n) is 7.52. The van der Waals surface area contributed by atoms with Gasteiger partial charge in [-0.2, -0.15) is 0 Å². The predicted molar refractivity (Wildman–Crippen MR) is 87.1 cm³/mol. The zero-order valence-corrected chi connectivity index (χ0v) is 13.9. The monoisotopic (exact) mass is 310 g/mol. The summed E-state index contributed by atoms with van der Waals surface area (Å²) in [4.78, 5) is 2.13. The maximum absolute atomic E-state index is 11.9. The standard InChI is InChI=1S/C16H26N2O2S/c1-18(2)12-15(13-8-5-4-6-9-13)17-14-10-7-11-16(14)21(3,19)20/h4-6,8-9,14-17H,7,10-12H2,1-3H3. The van der Waals surface area contributed by atoms with E-state index in [1.807, 2.05) is 32.3 Å². The van der Waals surface area contributed by atoms with Crippen molar-refractivity contribution in [3.63, 3.8) is 0 Å².